The van der Waals surface area contributed by atoms with Crippen LogP contribution in [0.3, 0.4) is 0 Å². The van der Waals surface area contributed by atoms with Gasteiger partial charge in [-0.15, -0.1) is 11.3 Å². The molecule has 1 N–H and O–H groups in total. The number of thiazole rings is 1. The number of hydrogen-bond acceptors (Lipinski definition) is 6. The second kappa shape index (κ2) is 8.55. The predicted molar refractivity (Wildman–Crippen MR) is 128 cm³/mol. The molecule has 0 fully saturated rings. The third-order valence-electron chi connectivity index (χ3n) is 5.31. The number of aromatic nitrogens is 1. The van der Waals surface area contributed by atoms with Gasteiger partial charge >= 0.3 is 0 Å². The lowest BCUT2D eigenvalue weighted by Crippen LogP contribution is -2.34. The molecule has 0 aliphatic carbocycles. The van der Waals surface area contributed by atoms with Crippen molar-refractivity contribution in [3.63, 3.8) is 0 Å². The Balaban J connectivity index is 1.53. The number of carbonyl (C=O) groups is 1. The fraction of sp³-hybridized carbons (Fsp3) is 0.304. The van der Waals surface area contributed by atoms with Gasteiger partial charge in [0.25, 0.3) is 5.91 Å². The van der Waals surface area contributed by atoms with Crippen molar-refractivity contribution in [2.75, 3.05) is 22.5 Å². The molecule has 4 rings (SSSR count). The summed E-state index contributed by atoms with van der Waals surface area (Å²) in [4.78, 5) is 18.5. The highest BCUT2D eigenvalue weighted by Crippen LogP contribution is 2.35. The maximum absolute atomic E-state index is 12.9. The highest BCUT2D eigenvalue weighted by molar-refractivity contribution is 7.92. The Kier molecular flexibility index (Phi) is 5.96. The number of benzene rings is 2. The van der Waals surface area contributed by atoms with Crippen LogP contribution in [-0.2, 0) is 16.4 Å². The Morgan fingerprint density at radius 3 is 2.62 bits per heavy atom. The summed E-state index contributed by atoms with van der Waals surface area (Å²) in [5.74, 6) is 0.531. The molecule has 3 aromatic rings. The average molecular weight is 472 g/mol. The van der Waals surface area contributed by atoms with Gasteiger partial charge in [-0.1, -0.05) is 0 Å². The van der Waals surface area contributed by atoms with Gasteiger partial charge in [-0.3, -0.25) is 14.4 Å². The molecule has 9 heteroatoms. The van der Waals surface area contributed by atoms with Gasteiger partial charge in [0, 0.05) is 22.0 Å². The number of aryl methyl sites for hydroxylation is 1. The lowest BCUT2D eigenvalue weighted by Gasteiger charge is -2.21. The van der Waals surface area contributed by atoms with Crippen LogP contribution in [0, 0.1) is 6.92 Å². The largest absolute Gasteiger partial charge is 0.494 e. The minimum absolute atomic E-state index is 0.170. The number of sulfonamides is 1. The van der Waals surface area contributed by atoms with Crippen LogP contribution >= 0.6 is 11.3 Å². The Bertz CT molecular complexity index is 1270. The lowest BCUT2D eigenvalue weighted by atomic mass is 10.1. The summed E-state index contributed by atoms with van der Waals surface area (Å²) < 4.78 is 31.1. The van der Waals surface area contributed by atoms with E-state index >= 15 is 0 Å². The molecule has 1 unspecified atom stereocenters. The molecule has 2 aromatic carbocycles. The number of ether oxygens (including phenoxy) is 1. The molecule has 1 amide bonds. The van der Waals surface area contributed by atoms with E-state index in [0.717, 1.165) is 27.4 Å². The van der Waals surface area contributed by atoms with E-state index in [2.05, 4.69) is 10.3 Å². The average Bonchev–Trinajstić information content (AvgIpc) is 3.26. The van der Waals surface area contributed by atoms with Crippen LogP contribution in [0.4, 0.5) is 10.8 Å². The van der Waals surface area contributed by atoms with Crippen molar-refractivity contribution in [1.29, 1.82) is 0 Å². The zero-order valence-electron chi connectivity index (χ0n) is 18.4. The normalized spacial score (nSPS) is 15.5. The summed E-state index contributed by atoms with van der Waals surface area (Å²) in [5.41, 5.74) is 3.73. The number of nitrogens with zero attached hydrogens (tertiary/aromatic N) is 2. The van der Waals surface area contributed by atoms with E-state index in [1.807, 2.05) is 45.0 Å². The maximum atomic E-state index is 12.9. The van der Waals surface area contributed by atoms with Crippen LogP contribution in [-0.4, -0.2) is 38.2 Å². The van der Waals surface area contributed by atoms with Gasteiger partial charge < -0.3 is 4.74 Å². The van der Waals surface area contributed by atoms with Gasteiger partial charge in [-0.2, -0.15) is 0 Å². The third kappa shape index (κ3) is 4.35. The molecule has 1 atom stereocenters. The molecule has 168 valence electrons. The topological polar surface area (TPSA) is 88.6 Å². The Labute approximate surface area is 192 Å². The van der Waals surface area contributed by atoms with Crippen molar-refractivity contribution in [3.05, 3.63) is 58.5 Å². The first kappa shape index (κ1) is 22.3. The second-order valence-corrected chi connectivity index (χ2v) is 10.9. The monoisotopic (exact) mass is 471 g/mol. The van der Waals surface area contributed by atoms with E-state index in [1.54, 1.807) is 18.2 Å². The van der Waals surface area contributed by atoms with Gasteiger partial charge in [0.2, 0.25) is 10.0 Å². The molecule has 1 aromatic heterocycles. The van der Waals surface area contributed by atoms with E-state index in [-0.39, 0.29) is 11.9 Å². The first-order valence-corrected chi connectivity index (χ1v) is 13.0. The van der Waals surface area contributed by atoms with Crippen molar-refractivity contribution in [2.24, 2.45) is 0 Å². The Morgan fingerprint density at radius 1 is 1.25 bits per heavy atom. The van der Waals surface area contributed by atoms with Gasteiger partial charge in [0.1, 0.15) is 5.75 Å². The standard InChI is InChI=1S/C23H25N3O4S2/c1-5-30-19-9-6-16(7-10-19)21-15(3)31-23(24-21)25-22(27)17-8-11-20-18(13-17)12-14(2)26(20)32(4,28)29/h6-11,13-14H,5,12H2,1-4H3,(H,24,25,27). The van der Waals surface area contributed by atoms with E-state index in [4.69, 9.17) is 4.74 Å². The van der Waals surface area contributed by atoms with Gasteiger partial charge in [0.15, 0.2) is 5.13 Å². The van der Waals surface area contributed by atoms with Crippen LogP contribution in [0.5, 0.6) is 5.75 Å². The summed E-state index contributed by atoms with van der Waals surface area (Å²) in [6, 6.07) is 12.7. The molecule has 7 nitrogen and oxygen atoms in total. The molecule has 0 radical (unpaired) electrons. The molecular formula is C23H25N3O4S2. The number of amides is 1. The molecule has 0 bridgehead atoms. The first-order valence-electron chi connectivity index (χ1n) is 10.3. The smallest absolute Gasteiger partial charge is 0.257 e. The summed E-state index contributed by atoms with van der Waals surface area (Å²) in [7, 11) is -3.36. The maximum Gasteiger partial charge on any atom is 0.257 e. The zero-order chi connectivity index (χ0) is 23.0. The highest BCUT2D eigenvalue weighted by Gasteiger charge is 2.32. The van der Waals surface area contributed by atoms with E-state index in [0.29, 0.717) is 29.4 Å². The minimum Gasteiger partial charge on any atom is -0.494 e. The summed E-state index contributed by atoms with van der Waals surface area (Å²) in [5, 5.41) is 3.39. The fourth-order valence-corrected chi connectivity index (χ4v) is 6.11. The van der Waals surface area contributed by atoms with Crippen molar-refractivity contribution in [3.8, 4) is 17.0 Å². The minimum atomic E-state index is -3.36. The highest BCUT2D eigenvalue weighted by atomic mass is 32.2. The van der Waals surface area contributed by atoms with Crippen LogP contribution in [0.15, 0.2) is 42.5 Å². The van der Waals surface area contributed by atoms with Crippen molar-refractivity contribution < 1.29 is 17.9 Å². The molecule has 0 saturated carbocycles. The molecule has 0 spiro atoms. The van der Waals surface area contributed by atoms with Crippen LogP contribution in [0.2, 0.25) is 0 Å². The van der Waals surface area contributed by atoms with E-state index in [9.17, 15) is 13.2 Å². The number of hydrogen-bond donors (Lipinski definition) is 1. The van der Waals surface area contributed by atoms with E-state index < -0.39 is 10.0 Å². The number of nitrogens with one attached hydrogen (secondary N) is 1. The quantitative estimate of drug-likeness (QED) is 0.573. The van der Waals surface area contributed by atoms with Crippen molar-refractivity contribution >= 4 is 38.1 Å². The number of rotatable bonds is 6. The predicted octanol–water partition coefficient (Wildman–Crippen LogP) is 4.48. The number of anilines is 2. The van der Waals surface area contributed by atoms with Gasteiger partial charge in [-0.05, 0) is 75.2 Å². The number of fused-ring (bicyclic) bond motifs is 1. The number of carbonyl (C=O) groups excluding carboxylic acids is 1. The zero-order valence-corrected chi connectivity index (χ0v) is 20.0. The first-order chi connectivity index (χ1) is 15.2. The summed E-state index contributed by atoms with van der Waals surface area (Å²) in [6.45, 7) is 6.38. The third-order valence-corrected chi connectivity index (χ3v) is 7.47. The summed E-state index contributed by atoms with van der Waals surface area (Å²) >= 11 is 1.41. The molecular weight excluding hydrogens is 446 g/mol. The van der Waals surface area contributed by atoms with Crippen LogP contribution in [0.1, 0.15) is 34.6 Å². The van der Waals surface area contributed by atoms with Crippen LogP contribution < -0.4 is 14.4 Å². The molecule has 2 heterocycles. The van der Waals surface area contributed by atoms with Gasteiger partial charge in [0.05, 0.1) is 24.2 Å². The van der Waals surface area contributed by atoms with Gasteiger partial charge in [-0.25, -0.2) is 13.4 Å². The van der Waals surface area contributed by atoms with Crippen LogP contribution in [0.25, 0.3) is 11.3 Å². The Morgan fingerprint density at radius 2 is 1.97 bits per heavy atom. The molecule has 32 heavy (non-hydrogen) atoms. The van der Waals surface area contributed by atoms with E-state index in [1.165, 1.54) is 21.9 Å². The Hall–Kier alpha value is -2.91. The molecule has 1 aliphatic heterocycles. The summed E-state index contributed by atoms with van der Waals surface area (Å²) in [6.07, 6.45) is 1.77. The molecule has 0 saturated heterocycles. The second-order valence-electron chi connectivity index (χ2n) is 7.79. The van der Waals surface area contributed by atoms with Crippen molar-refractivity contribution in [2.45, 2.75) is 33.2 Å². The van der Waals surface area contributed by atoms with Crippen molar-refractivity contribution in [1.82, 2.24) is 4.98 Å². The fourth-order valence-electron chi connectivity index (χ4n) is 4.01. The molecule has 1 aliphatic rings. The lowest BCUT2D eigenvalue weighted by molar-refractivity contribution is 0.102. The SMILES string of the molecule is CCOc1ccc(-c2nc(NC(=O)c3ccc4c(c3)CC(C)N4S(C)(=O)=O)sc2C)cc1.